The van der Waals surface area contributed by atoms with Gasteiger partial charge in [-0.1, -0.05) is 30.7 Å². The normalized spacial score (nSPS) is 21.8. The Balaban J connectivity index is 1.90. The lowest BCUT2D eigenvalue weighted by molar-refractivity contribution is 0.0778. The molecule has 140 valence electrons. The topological polar surface area (TPSA) is 65.9 Å². The highest BCUT2D eigenvalue weighted by atomic mass is 35.5. The van der Waals surface area contributed by atoms with Gasteiger partial charge < -0.3 is 20.5 Å². The monoisotopic (exact) mass is 385 g/mol. The van der Waals surface area contributed by atoms with Crippen LogP contribution in [-0.4, -0.2) is 53.9 Å². The van der Waals surface area contributed by atoms with Gasteiger partial charge in [-0.05, 0) is 37.7 Å². The van der Waals surface area contributed by atoms with Crippen LogP contribution in [0.1, 0.15) is 26.7 Å². The first-order chi connectivity index (χ1) is 12.1. The highest BCUT2D eigenvalue weighted by Gasteiger charge is 2.31. The summed E-state index contributed by atoms with van der Waals surface area (Å²) in [5.74, 6) is 3.15. The van der Waals surface area contributed by atoms with Crippen LogP contribution < -0.4 is 15.4 Å². The third-order valence-corrected chi connectivity index (χ3v) is 5.59. The maximum Gasteiger partial charge on any atom is 0.191 e. The molecule has 1 aromatic carbocycles. The summed E-state index contributed by atoms with van der Waals surface area (Å²) in [6, 6.07) is 7.49. The molecule has 25 heavy (non-hydrogen) atoms. The molecule has 1 aliphatic rings. The number of halogens is 1. The fourth-order valence-electron chi connectivity index (χ4n) is 2.49. The van der Waals surface area contributed by atoms with E-state index in [1.807, 2.05) is 31.2 Å². The largest absolute Gasteiger partial charge is 0.487 e. The van der Waals surface area contributed by atoms with Gasteiger partial charge in [0.2, 0.25) is 0 Å². The van der Waals surface area contributed by atoms with Gasteiger partial charge in [0.05, 0.1) is 23.7 Å². The molecule has 0 radical (unpaired) electrons. The Morgan fingerprint density at radius 2 is 2.20 bits per heavy atom. The van der Waals surface area contributed by atoms with E-state index in [2.05, 4.69) is 22.5 Å². The van der Waals surface area contributed by atoms with E-state index in [0.29, 0.717) is 29.8 Å². The van der Waals surface area contributed by atoms with Crippen LogP contribution in [0.3, 0.4) is 0 Å². The van der Waals surface area contributed by atoms with Gasteiger partial charge in [0.15, 0.2) is 5.96 Å². The molecule has 1 saturated heterocycles. The average molecular weight is 386 g/mol. The van der Waals surface area contributed by atoms with Crippen molar-refractivity contribution in [3.63, 3.8) is 0 Å². The molecule has 2 atom stereocenters. The number of hydrogen-bond donors (Lipinski definition) is 3. The molecule has 0 aliphatic carbocycles. The van der Waals surface area contributed by atoms with Gasteiger partial charge in [-0.25, -0.2) is 0 Å². The van der Waals surface area contributed by atoms with Crippen molar-refractivity contribution in [2.24, 2.45) is 4.99 Å². The first kappa shape index (κ1) is 20.2. The number of thioether (sulfide) groups is 1. The van der Waals surface area contributed by atoms with Gasteiger partial charge in [0.25, 0.3) is 0 Å². The lowest BCUT2D eigenvalue weighted by Gasteiger charge is -2.22. The summed E-state index contributed by atoms with van der Waals surface area (Å²) < 4.78 is 5.99. The number of nitrogens with zero attached hydrogens (tertiary/aromatic N) is 1. The number of nitrogens with one attached hydrogen (secondary N) is 2. The SMILES string of the molecule is CCNC(=NCC1(O)CCSC1)NCC(CC)Oc1ccccc1Cl. The Morgan fingerprint density at radius 3 is 2.84 bits per heavy atom. The molecule has 0 amide bonds. The Bertz CT molecular complexity index is 565. The van der Waals surface area contributed by atoms with Crippen LogP contribution in [0.4, 0.5) is 0 Å². The van der Waals surface area contributed by atoms with Gasteiger partial charge in [0, 0.05) is 12.3 Å². The van der Waals surface area contributed by atoms with Crippen LogP contribution >= 0.6 is 23.4 Å². The maximum absolute atomic E-state index is 10.4. The summed E-state index contributed by atoms with van der Waals surface area (Å²) in [4.78, 5) is 4.55. The third-order valence-electron chi connectivity index (χ3n) is 4.04. The molecular formula is C18H28ClN3O2S. The number of guanidine groups is 1. The summed E-state index contributed by atoms with van der Waals surface area (Å²) >= 11 is 7.94. The summed E-state index contributed by atoms with van der Waals surface area (Å²) in [7, 11) is 0. The molecule has 1 fully saturated rings. The predicted octanol–water partition coefficient (Wildman–Crippen LogP) is 2.92. The Labute approximate surface area is 159 Å². The van der Waals surface area contributed by atoms with Gasteiger partial charge in [-0.3, -0.25) is 4.99 Å². The second-order valence-corrected chi connectivity index (χ2v) is 7.69. The van der Waals surface area contributed by atoms with Crippen LogP contribution in [-0.2, 0) is 0 Å². The van der Waals surface area contributed by atoms with Crippen molar-refractivity contribution in [3.8, 4) is 5.75 Å². The highest BCUT2D eigenvalue weighted by molar-refractivity contribution is 7.99. The first-order valence-corrected chi connectivity index (χ1v) is 10.3. The lowest BCUT2D eigenvalue weighted by atomic mass is 10.1. The van der Waals surface area contributed by atoms with Crippen molar-refractivity contribution in [3.05, 3.63) is 29.3 Å². The van der Waals surface area contributed by atoms with Crippen LogP contribution in [0.2, 0.25) is 5.02 Å². The van der Waals surface area contributed by atoms with Gasteiger partial charge >= 0.3 is 0 Å². The van der Waals surface area contributed by atoms with Crippen LogP contribution in [0.25, 0.3) is 0 Å². The summed E-state index contributed by atoms with van der Waals surface area (Å²) in [5, 5.41) is 17.6. The number of hydrogen-bond acceptors (Lipinski definition) is 4. The van der Waals surface area contributed by atoms with E-state index < -0.39 is 5.60 Å². The second-order valence-electron chi connectivity index (χ2n) is 6.18. The standard InChI is InChI=1S/C18H28ClN3O2S/c1-3-14(24-16-8-6-5-7-15(16)19)11-21-17(20-4-2)22-12-18(23)9-10-25-13-18/h5-8,14,23H,3-4,9-13H2,1-2H3,(H2,20,21,22). The fourth-order valence-corrected chi connectivity index (χ4v) is 3.95. The minimum Gasteiger partial charge on any atom is -0.487 e. The van der Waals surface area contributed by atoms with Crippen molar-refractivity contribution in [2.75, 3.05) is 31.1 Å². The van der Waals surface area contributed by atoms with Crippen molar-refractivity contribution < 1.29 is 9.84 Å². The van der Waals surface area contributed by atoms with Gasteiger partial charge in [-0.2, -0.15) is 11.8 Å². The quantitative estimate of drug-likeness (QED) is 0.474. The highest BCUT2D eigenvalue weighted by Crippen LogP contribution is 2.28. The summed E-state index contributed by atoms with van der Waals surface area (Å²) in [5.41, 5.74) is -0.675. The molecule has 0 saturated carbocycles. The maximum atomic E-state index is 10.4. The zero-order valence-electron chi connectivity index (χ0n) is 14.9. The lowest BCUT2D eigenvalue weighted by Crippen LogP contribution is -2.44. The van der Waals surface area contributed by atoms with Crippen molar-refractivity contribution >= 4 is 29.3 Å². The summed E-state index contributed by atoms with van der Waals surface area (Å²) in [6.07, 6.45) is 1.63. The minimum atomic E-state index is -0.675. The van der Waals surface area contributed by atoms with Gasteiger partial charge in [0.1, 0.15) is 11.9 Å². The Morgan fingerprint density at radius 1 is 1.40 bits per heavy atom. The summed E-state index contributed by atoms with van der Waals surface area (Å²) in [6.45, 7) is 5.89. The molecule has 0 spiro atoms. The molecule has 5 nitrogen and oxygen atoms in total. The van der Waals surface area contributed by atoms with E-state index >= 15 is 0 Å². The molecule has 1 heterocycles. The molecule has 1 aliphatic heterocycles. The van der Waals surface area contributed by atoms with Gasteiger partial charge in [-0.15, -0.1) is 0 Å². The number of aliphatic imine (C=N–C) groups is 1. The van der Waals surface area contributed by atoms with E-state index in [0.717, 1.165) is 30.9 Å². The smallest absolute Gasteiger partial charge is 0.191 e. The van der Waals surface area contributed by atoms with Crippen molar-refractivity contribution in [2.45, 2.75) is 38.4 Å². The van der Waals surface area contributed by atoms with Crippen LogP contribution in [0.15, 0.2) is 29.3 Å². The van der Waals surface area contributed by atoms with Crippen LogP contribution in [0, 0.1) is 0 Å². The minimum absolute atomic E-state index is 0.0196. The molecule has 3 N–H and O–H groups in total. The Kier molecular flexibility index (Phi) is 8.19. The number of para-hydroxylation sites is 1. The molecule has 0 bridgehead atoms. The van der Waals surface area contributed by atoms with E-state index in [1.54, 1.807) is 11.8 Å². The average Bonchev–Trinajstić information content (AvgIpc) is 3.04. The molecule has 2 unspecified atom stereocenters. The van der Waals surface area contributed by atoms with E-state index in [9.17, 15) is 5.11 Å². The first-order valence-electron chi connectivity index (χ1n) is 8.80. The van der Waals surface area contributed by atoms with Crippen molar-refractivity contribution in [1.29, 1.82) is 0 Å². The number of ether oxygens (including phenoxy) is 1. The number of benzene rings is 1. The Hall–Kier alpha value is -1.11. The zero-order chi connectivity index (χ0) is 18.1. The number of rotatable bonds is 8. The van der Waals surface area contributed by atoms with Crippen LogP contribution in [0.5, 0.6) is 5.75 Å². The van der Waals surface area contributed by atoms with Crippen molar-refractivity contribution in [1.82, 2.24) is 10.6 Å². The molecule has 1 aromatic rings. The van der Waals surface area contributed by atoms with E-state index in [4.69, 9.17) is 16.3 Å². The molecular weight excluding hydrogens is 358 g/mol. The molecule has 2 rings (SSSR count). The second kappa shape index (κ2) is 10.1. The predicted molar refractivity (Wildman–Crippen MR) is 107 cm³/mol. The molecule has 0 aromatic heterocycles. The van der Waals surface area contributed by atoms with E-state index in [1.165, 1.54) is 0 Å². The number of aliphatic hydroxyl groups is 1. The third kappa shape index (κ3) is 6.60. The molecule has 7 heteroatoms. The van der Waals surface area contributed by atoms with E-state index in [-0.39, 0.29) is 6.10 Å². The fraction of sp³-hybridized carbons (Fsp3) is 0.611. The zero-order valence-corrected chi connectivity index (χ0v) is 16.5.